The predicted octanol–water partition coefficient (Wildman–Crippen LogP) is 5.25. The number of thioether (sulfide) groups is 1. The second-order valence-corrected chi connectivity index (χ2v) is 8.40. The fraction of sp³-hybridized carbons (Fsp3) is 0.174. The Morgan fingerprint density at radius 2 is 1.93 bits per heavy atom. The molecule has 0 N–H and O–H groups in total. The van der Waals surface area contributed by atoms with Crippen molar-refractivity contribution in [1.82, 2.24) is 9.55 Å². The fourth-order valence-corrected chi connectivity index (χ4v) is 4.53. The fourth-order valence-electron chi connectivity index (χ4n) is 3.36. The van der Waals surface area contributed by atoms with Gasteiger partial charge in [0.25, 0.3) is 5.56 Å². The van der Waals surface area contributed by atoms with E-state index in [9.17, 15) is 9.59 Å². The van der Waals surface area contributed by atoms with E-state index in [1.54, 1.807) is 28.8 Å². The minimum absolute atomic E-state index is 0.150. The molecule has 2 aromatic heterocycles. The molecule has 2 heterocycles. The van der Waals surface area contributed by atoms with Gasteiger partial charge in [0.15, 0.2) is 5.16 Å². The molecule has 30 heavy (non-hydrogen) atoms. The topological polar surface area (TPSA) is 65.1 Å². The normalized spacial score (nSPS) is 11.3. The molecule has 0 radical (unpaired) electrons. The molecule has 7 heteroatoms. The molecule has 0 aliphatic carbocycles. The van der Waals surface area contributed by atoms with E-state index in [4.69, 9.17) is 16.0 Å². The summed E-state index contributed by atoms with van der Waals surface area (Å²) in [6.45, 7) is 8.00. The molecule has 0 atom stereocenters. The van der Waals surface area contributed by atoms with Gasteiger partial charge in [-0.15, -0.1) is 6.58 Å². The van der Waals surface area contributed by atoms with Crippen LogP contribution in [0.4, 0.5) is 0 Å². The summed E-state index contributed by atoms with van der Waals surface area (Å²) in [5.74, 6) is 0.459. The van der Waals surface area contributed by atoms with Crippen molar-refractivity contribution >= 4 is 45.2 Å². The summed E-state index contributed by atoms with van der Waals surface area (Å²) >= 11 is 7.48. The van der Waals surface area contributed by atoms with Crippen molar-refractivity contribution in [3.8, 4) is 0 Å². The van der Waals surface area contributed by atoms with Crippen LogP contribution in [0.2, 0.25) is 5.02 Å². The monoisotopic (exact) mass is 438 g/mol. The van der Waals surface area contributed by atoms with Gasteiger partial charge in [0.1, 0.15) is 5.58 Å². The van der Waals surface area contributed by atoms with E-state index in [0.29, 0.717) is 39.0 Å². The van der Waals surface area contributed by atoms with E-state index >= 15 is 0 Å². The van der Waals surface area contributed by atoms with E-state index < -0.39 is 5.63 Å². The maximum atomic E-state index is 13.0. The van der Waals surface area contributed by atoms with Crippen molar-refractivity contribution in [2.24, 2.45) is 0 Å². The Balaban J connectivity index is 1.81. The van der Waals surface area contributed by atoms with Crippen LogP contribution in [0.15, 0.2) is 68.2 Å². The van der Waals surface area contributed by atoms with Crippen molar-refractivity contribution in [3.63, 3.8) is 0 Å². The minimum Gasteiger partial charge on any atom is -0.422 e. The molecule has 0 aliphatic heterocycles. The lowest BCUT2D eigenvalue weighted by Gasteiger charge is -2.13. The number of halogens is 1. The first-order valence-corrected chi connectivity index (χ1v) is 10.7. The van der Waals surface area contributed by atoms with Gasteiger partial charge in [-0.25, -0.2) is 9.78 Å². The van der Waals surface area contributed by atoms with Gasteiger partial charge in [-0.3, -0.25) is 9.36 Å². The average Bonchev–Trinajstić information content (AvgIpc) is 2.71. The lowest BCUT2D eigenvalue weighted by atomic mass is 10.0. The summed E-state index contributed by atoms with van der Waals surface area (Å²) in [5.41, 5.74) is 3.43. The van der Waals surface area contributed by atoms with Gasteiger partial charge in [-0.05, 0) is 48.7 Å². The Hall–Kier alpha value is -2.83. The van der Waals surface area contributed by atoms with Crippen LogP contribution in [0.25, 0.3) is 21.9 Å². The highest BCUT2D eigenvalue weighted by molar-refractivity contribution is 7.98. The molecule has 2 aromatic carbocycles. The highest BCUT2D eigenvalue weighted by atomic mass is 35.5. The second-order valence-electron chi connectivity index (χ2n) is 7.02. The zero-order chi connectivity index (χ0) is 21.4. The molecule has 5 nitrogen and oxygen atoms in total. The third-order valence-corrected chi connectivity index (χ3v) is 6.33. The number of allylic oxidation sites excluding steroid dienone is 1. The highest BCUT2D eigenvalue weighted by Crippen LogP contribution is 2.29. The van der Waals surface area contributed by atoms with Crippen LogP contribution in [0.1, 0.15) is 16.7 Å². The number of rotatable bonds is 5. The maximum Gasteiger partial charge on any atom is 0.336 e. The summed E-state index contributed by atoms with van der Waals surface area (Å²) in [5, 5.41) is 2.44. The molecule has 0 aliphatic rings. The molecule has 0 bridgehead atoms. The van der Waals surface area contributed by atoms with E-state index in [0.717, 1.165) is 22.1 Å². The van der Waals surface area contributed by atoms with Crippen molar-refractivity contribution in [2.45, 2.75) is 31.3 Å². The lowest BCUT2D eigenvalue weighted by Crippen LogP contribution is -2.22. The van der Waals surface area contributed by atoms with Crippen molar-refractivity contribution in [1.29, 1.82) is 0 Å². The first-order chi connectivity index (χ1) is 14.4. The minimum atomic E-state index is -0.395. The Labute approximate surface area is 182 Å². The van der Waals surface area contributed by atoms with Gasteiger partial charge >= 0.3 is 5.63 Å². The van der Waals surface area contributed by atoms with Gasteiger partial charge in [0.05, 0.1) is 10.9 Å². The van der Waals surface area contributed by atoms with Gasteiger partial charge in [-0.1, -0.05) is 41.6 Å². The van der Waals surface area contributed by atoms with Crippen molar-refractivity contribution < 1.29 is 4.42 Å². The third-order valence-electron chi connectivity index (χ3n) is 5.07. The SMILES string of the molecule is C=CCn1c(SCc2cc(=O)oc3c(C)c(C)ccc23)nc2cc(Cl)ccc2c1=O. The summed E-state index contributed by atoms with van der Waals surface area (Å²) < 4.78 is 7.03. The highest BCUT2D eigenvalue weighted by Gasteiger charge is 2.14. The molecule has 0 unspecified atom stereocenters. The lowest BCUT2D eigenvalue weighted by molar-refractivity contribution is 0.557. The molecular formula is C23H19ClN2O3S. The first kappa shape index (κ1) is 20.4. The zero-order valence-electron chi connectivity index (χ0n) is 16.6. The predicted molar refractivity (Wildman–Crippen MR) is 123 cm³/mol. The van der Waals surface area contributed by atoms with Gasteiger partial charge in [-0.2, -0.15) is 0 Å². The maximum absolute atomic E-state index is 13.0. The second kappa shape index (κ2) is 8.13. The van der Waals surface area contributed by atoms with Gasteiger partial charge in [0, 0.05) is 28.8 Å². The van der Waals surface area contributed by atoms with Crippen molar-refractivity contribution in [3.05, 3.63) is 91.5 Å². The third kappa shape index (κ3) is 3.68. The molecule has 152 valence electrons. The van der Waals surface area contributed by atoms with Crippen molar-refractivity contribution in [2.75, 3.05) is 0 Å². The quantitative estimate of drug-likeness (QED) is 0.184. The summed E-state index contributed by atoms with van der Waals surface area (Å²) in [4.78, 5) is 29.8. The van der Waals surface area contributed by atoms with E-state index in [1.165, 1.54) is 17.8 Å². The number of aromatic nitrogens is 2. The van der Waals surface area contributed by atoms with Gasteiger partial charge in [0.2, 0.25) is 0 Å². The molecule has 4 rings (SSSR count). The van der Waals surface area contributed by atoms with E-state index in [1.807, 2.05) is 26.0 Å². The van der Waals surface area contributed by atoms with E-state index in [2.05, 4.69) is 11.6 Å². The summed E-state index contributed by atoms with van der Waals surface area (Å²) in [7, 11) is 0. The van der Waals surface area contributed by atoms with Crippen LogP contribution in [0, 0.1) is 13.8 Å². The molecule has 0 saturated heterocycles. The van der Waals surface area contributed by atoms with Crippen LogP contribution in [-0.4, -0.2) is 9.55 Å². The number of benzene rings is 2. The Morgan fingerprint density at radius 1 is 1.17 bits per heavy atom. The molecule has 0 spiro atoms. The smallest absolute Gasteiger partial charge is 0.336 e. The molecular weight excluding hydrogens is 420 g/mol. The molecule has 4 aromatic rings. The summed E-state index contributed by atoms with van der Waals surface area (Å²) in [6.07, 6.45) is 1.66. The Bertz CT molecular complexity index is 1420. The van der Waals surface area contributed by atoms with E-state index in [-0.39, 0.29) is 5.56 Å². The van der Waals surface area contributed by atoms with Crippen LogP contribution < -0.4 is 11.2 Å². The van der Waals surface area contributed by atoms with Crippen LogP contribution in [0.5, 0.6) is 0 Å². The number of hydrogen-bond donors (Lipinski definition) is 0. The Kier molecular flexibility index (Phi) is 5.54. The number of nitrogens with zero attached hydrogens (tertiary/aromatic N) is 2. The number of hydrogen-bond acceptors (Lipinski definition) is 5. The largest absolute Gasteiger partial charge is 0.422 e. The molecule has 0 amide bonds. The first-order valence-electron chi connectivity index (χ1n) is 9.36. The van der Waals surface area contributed by atoms with Crippen LogP contribution in [-0.2, 0) is 12.3 Å². The van der Waals surface area contributed by atoms with Crippen LogP contribution in [0.3, 0.4) is 0 Å². The summed E-state index contributed by atoms with van der Waals surface area (Å²) in [6, 6.07) is 10.5. The standard InChI is InChI=1S/C23H19ClN2O3S/c1-4-9-26-22(28)18-8-6-16(24)11-19(18)25-23(26)30-12-15-10-20(27)29-21-14(3)13(2)5-7-17(15)21/h4-8,10-11H,1,9,12H2,2-3H3. The number of aryl methyl sites for hydroxylation is 2. The number of fused-ring (bicyclic) bond motifs is 2. The van der Waals surface area contributed by atoms with Crippen LogP contribution >= 0.6 is 23.4 Å². The molecule has 0 saturated carbocycles. The Morgan fingerprint density at radius 3 is 2.70 bits per heavy atom. The zero-order valence-corrected chi connectivity index (χ0v) is 18.1. The average molecular weight is 439 g/mol. The molecule has 0 fully saturated rings. The van der Waals surface area contributed by atoms with Gasteiger partial charge < -0.3 is 4.42 Å².